The van der Waals surface area contributed by atoms with Crippen molar-refractivity contribution >= 4 is 28.4 Å². The molecule has 1 N–H and O–H groups in total. The summed E-state index contributed by atoms with van der Waals surface area (Å²) in [6.07, 6.45) is 6.54. The van der Waals surface area contributed by atoms with E-state index in [2.05, 4.69) is 25.7 Å². The predicted molar refractivity (Wildman–Crippen MR) is 110 cm³/mol. The number of piperidine rings is 1. The highest BCUT2D eigenvalue weighted by atomic mass is 16.5. The summed E-state index contributed by atoms with van der Waals surface area (Å²) in [5.41, 5.74) is 2.77. The second kappa shape index (κ2) is 8.56. The Kier molecular flexibility index (Phi) is 5.71. The fraction of sp³-hybridized carbons (Fsp3) is 0.476. The maximum Gasteiger partial charge on any atom is 0.224 e. The largest absolute Gasteiger partial charge is 0.382 e. The predicted octanol–water partition coefficient (Wildman–Crippen LogP) is 2.64. The summed E-state index contributed by atoms with van der Waals surface area (Å²) >= 11 is 0. The van der Waals surface area contributed by atoms with E-state index in [1.807, 2.05) is 31.3 Å². The number of fused-ring (bicyclic) bond motifs is 3. The summed E-state index contributed by atoms with van der Waals surface area (Å²) in [5.74, 6) is 1.02. The van der Waals surface area contributed by atoms with Gasteiger partial charge >= 0.3 is 0 Å². The second-order valence-corrected chi connectivity index (χ2v) is 7.17. The van der Waals surface area contributed by atoms with E-state index in [1.54, 1.807) is 6.20 Å². The summed E-state index contributed by atoms with van der Waals surface area (Å²) < 4.78 is 7.46. The van der Waals surface area contributed by atoms with Crippen molar-refractivity contribution in [1.82, 2.24) is 19.7 Å². The molecule has 4 heterocycles. The SMILES string of the molecule is CCOCCCNC(=O)C1CCCN(c2nc3ncccc3n3cccc23)C1. The first-order chi connectivity index (χ1) is 13.8. The van der Waals surface area contributed by atoms with Gasteiger partial charge in [0.05, 0.1) is 17.0 Å². The lowest BCUT2D eigenvalue weighted by atomic mass is 9.97. The number of carbonyl (C=O) groups excluding carboxylic acids is 1. The Hall–Kier alpha value is -2.67. The van der Waals surface area contributed by atoms with Gasteiger partial charge in [0.2, 0.25) is 5.91 Å². The maximum atomic E-state index is 12.6. The molecule has 1 atom stereocenters. The van der Waals surface area contributed by atoms with Crippen molar-refractivity contribution in [3.8, 4) is 0 Å². The van der Waals surface area contributed by atoms with Crippen LogP contribution in [0.25, 0.3) is 16.7 Å². The van der Waals surface area contributed by atoms with Gasteiger partial charge in [-0.15, -0.1) is 0 Å². The molecule has 1 amide bonds. The number of anilines is 1. The summed E-state index contributed by atoms with van der Waals surface area (Å²) in [6.45, 7) is 5.63. The van der Waals surface area contributed by atoms with Crippen LogP contribution in [-0.4, -0.2) is 53.1 Å². The molecule has 0 radical (unpaired) electrons. The molecule has 1 aliphatic rings. The molecule has 1 saturated heterocycles. The van der Waals surface area contributed by atoms with Crippen LogP contribution in [0.4, 0.5) is 5.82 Å². The lowest BCUT2D eigenvalue weighted by Crippen LogP contribution is -2.43. The number of carbonyl (C=O) groups is 1. The Morgan fingerprint density at radius 3 is 3.11 bits per heavy atom. The Balaban J connectivity index is 1.50. The molecule has 0 spiro atoms. The number of amides is 1. The molecule has 148 valence electrons. The standard InChI is InChI=1S/C21H27N5O2/c1-2-28-14-6-11-23-21(27)16-7-4-12-25(15-16)20-18-9-5-13-26(18)17-8-3-10-22-19(17)24-20/h3,5,8-10,13,16H,2,4,6-7,11-12,14-15H2,1H3,(H,23,27). The molecule has 0 aliphatic carbocycles. The van der Waals surface area contributed by atoms with Crippen LogP contribution in [0, 0.1) is 5.92 Å². The Morgan fingerprint density at radius 1 is 1.32 bits per heavy atom. The van der Waals surface area contributed by atoms with Gasteiger partial charge in [-0.1, -0.05) is 0 Å². The zero-order chi connectivity index (χ0) is 19.3. The van der Waals surface area contributed by atoms with Crippen LogP contribution in [0.5, 0.6) is 0 Å². The fourth-order valence-electron chi connectivity index (χ4n) is 3.88. The van der Waals surface area contributed by atoms with E-state index in [-0.39, 0.29) is 11.8 Å². The van der Waals surface area contributed by atoms with Crippen molar-refractivity contribution in [2.75, 3.05) is 37.7 Å². The molecule has 28 heavy (non-hydrogen) atoms. The quantitative estimate of drug-likeness (QED) is 0.637. The first-order valence-electron chi connectivity index (χ1n) is 10.1. The van der Waals surface area contributed by atoms with Gasteiger partial charge in [0.15, 0.2) is 11.5 Å². The molecule has 7 heteroatoms. The average molecular weight is 381 g/mol. The van der Waals surface area contributed by atoms with E-state index < -0.39 is 0 Å². The Labute approximate surface area is 164 Å². The van der Waals surface area contributed by atoms with Gasteiger partial charge < -0.3 is 19.4 Å². The summed E-state index contributed by atoms with van der Waals surface area (Å²) in [4.78, 5) is 24.1. The van der Waals surface area contributed by atoms with Gasteiger partial charge in [-0.3, -0.25) is 4.79 Å². The minimum absolute atomic E-state index is 0.0166. The number of rotatable bonds is 7. The number of hydrogen-bond donors (Lipinski definition) is 1. The molecule has 3 aromatic heterocycles. The smallest absolute Gasteiger partial charge is 0.224 e. The molecule has 0 aromatic carbocycles. The second-order valence-electron chi connectivity index (χ2n) is 7.17. The Morgan fingerprint density at radius 2 is 2.21 bits per heavy atom. The van der Waals surface area contributed by atoms with E-state index in [4.69, 9.17) is 9.72 Å². The van der Waals surface area contributed by atoms with Gasteiger partial charge in [0.1, 0.15) is 0 Å². The Bertz CT molecular complexity index is 954. The third-order valence-electron chi connectivity index (χ3n) is 5.28. The third kappa shape index (κ3) is 3.80. The molecule has 1 fully saturated rings. The van der Waals surface area contributed by atoms with Crippen LogP contribution >= 0.6 is 0 Å². The van der Waals surface area contributed by atoms with E-state index in [0.29, 0.717) is 26.3 Å². The summed E-state index contributed by atoms with van der Waals surface area (Å²) in [6, 6.07) is 8.06. The van der Waals surface area contributed by atoms with Crippen LogP contribution in [0.1, 0.15) is 26.2 Å². The third-order valence-corrected chi connectivity index (χ3v) is 5.28. The van der Waals surface area contributed by atoms with Crippen molar-refractivity contribution in [3.05, 3.63) is 36.7 Å². The average Bonchev–Trinajstić information content (AvgIpc) is 3.23. The lowest BCUT2D eigenvalue weighted by molar-refractivity contribution is -0.125. The summed E-state index contributed by atoms with van der Waals surface area (Å²) in [7, 11) is 0. The van der Waals surface area contributed by atoms with Crippen LogP contribution in [0.2, 0.25) is 0 Å². The van der Waals surface area contributed by atoms with Crippen molar-refractivity contribution < 1.29 is 9.53 Å². The van der Waals surface area contributed by atoms with E-state index in [0.717, 1.165) is 48.3 Å². The molecule has 4 rings (SSSR count). The number of hydrogen-bond acceptors (Lipinski definition) is 5. The molecular weight excluding hydrogens is 354 g/mol. The molecule has 1 aliphatic heterocycles. The number of pyridine rings is 1. The number of aromatic nitrogens is 3. The highest BCUT2D eigenvalue weighted by Gasteiger charge is 2.27. The van der Waals surface area contributed by atoms with Crippen molar-refractivity contribution in [2.24, 2.45) is 5.92 Å². The molecule has 0 saturated carbocycles. The number of nitrogens with one attached hydrogen (secondary N) is 1. The molecule has 3 aromatic rings. The van der Waals surface area contributed by atoms with Crippen LogP contribution in [0.3, 0.4) is 0 Å². The lowest BCUT2D eigenvalue weighted by Gasteiger charge is -2.33. The van der Waals surface area contributed by atoms with Gasteiger partial charge in [-0.05, 0) is 50.5 Å². The minimum atomic E-state index is -0.0166. The zero-order valence-corrected chi connectivity index (χ0v) is 16.3. The first-order valence-corrected chi connectivity index (χ1v) is 10.1. The summed E-state index contributed by atoms with van der Waals surface area (Å²) in [5, 5.41) is 3.06. The van der Waals surface area contributed by atoms with Gasteiger partial charge in [0, 0.05) is 45.2 Å². The normalized spacial score (nSPS) is 17.3. The fourth-order valence-corrected chi connectivity index (χ4v) is 3.88. The monoisotopic (exact) mass is 381 g/mol. The maximum absolute atomic E-state index is 12.6. The highest BCUT2D eigenvalue weighted by molar-refractivity contribution is 5.84. The van der Waals surface area contributed by atoms with Gasteiger partial charge in [-0.2, -0.15) is 0 Å². The van der Waals surface area contributed by atoms with Gasteiger partial charge in [-0.25, -0.2) is 9.97 Å². The van der Waals surface area contributed by atoms with Crippen molar-refractivity contribution in [2.45, 2.75) is 26.2 Å². The van der Waals surface area contributed by atoms with E-state index in [1.165, 1.54) is 0 Å². The van der Waals surface area contributed by atoms with Crippen LogP contribution in [-0.2, 0) is 9.53 Å². The first kappa shape index (κ1) is 18.7. The number of ether oxygens (including phenoxy) is 1. The van der Waals surface area contributed by atoms with E-state index >= 15 is 0 Å². The number of nitrogens with zero attached hydrogens (tertiary/aromatic N) is 4. The highest BCUT2D eigenvalue weighted by Crippen LogP contribution is 2.28. The topological polar surface area (TPSA) is 71.8 Å². The molecule has 1 unspecified atom stereocenters. The molecule has 7 nitrogen and oxygen atoms in total. The minimum Gasteiger partial charge on any atom is -0.382 e. The van der Waals surface area contributed by atoms with Crippen molar-refractivity contribution in [3.63, 3.8) is 0 Å². The van der Waals surface area contributed by atoms with Crippen LogP contribution < -0.4 is 10.2 Å². The molecule has 0 bridgehead atoms. The zero-order valence-electron chi connectivity index (χ0n) is 16.3. The van der Waals surface area contributed by atoms with Crippen LogP contribution in [0.15, 0.2) is 36.7 Å². The van der Waals surface area contributed by atoms with E-state index in [9.17, 15) is 4.79 Å². The van der Waals surface area contributed by atoms with Gasteiger partial charge in [0.25, 0.3) is 0 Å². The molecular formula is C21H27N5O2. The van der Waals surface area contributed by atoms with Crippen molar-refractivity contribution in [1.29, 1.82) is 0 Å².